The van der Waals surface area contributed by atoms with Crippen molar-refractivity contribution in [2.75, 3.05) is 0 Å². The largest absolute Gasteiger partial charge is 0.115 e. The van der Waals surface area contributed by atoms with Crippen molar-refractivity contribution in [1.82, 2.24) is 0 Å². The van der Waals surface area contributed by atoms with Gasteiger partial charge in [-0.05, 0) is 82.5 Å². The van der Waals surface area contributed by atoms with E-state index in [4.69, 9.17) is 133 Å². The molecule has 8 aromatic rings. The van der Waals surface area contributed by atoms with E-state index in [2.05, 4.69) is 0 Å². The molecule has 17 heteroatoms. The van der Waals surface area contributed by atoms with Crippen LogP contribution in [-0.4, -0.2) is 133 Å². The van der Waals surface area contributed by atoms with Crippen molar-refractivity contribution in [3.8, 4) is 33.4 Å². The number of hydrogen-bond acceptors (Lipinski definition) is 0. The van der Waals surface area contributed by atoms with Gasteiger partial charge in [0.2, 0.25) is 0 Å². The molecule has 0 atom stereocenters. The summed E-state index contributed by atoms with van der Waals surface area (Å²) in [5.41, 5.74) is 0.949. The fraction of sp³-hybridized carbons (Fsp3) is 0. The first-order chi connectivity index (χ1) is 26.9. The predicted octanol–water partition coefficient (Wildman–Crippen LogP) is -9.21. The first kappa shape index (κ1) is 39.7. The van der Waals surface area contributed by atoms with Gasteiger partial charge in [0.25, 0.3) is 0 Å². The molecule has 0 spiro atoms. The first-order valence-electron chi connectivity index (χ1n) is 17.4. The quantitative estimate of drug-likeness (QED) is 0.0995. The number of benzene rings is 8. The van der Waals surface area contributed by atoms with Crippen LogP contribution >= 0.6 is 0 Å². The Hall–Kier alpha value is -4.10. The van der Waals surface area contributed by atoms with Crippen LogP contribution in [0.5, 0.6) is 0 Å². The third kappa shape index (κ3) is 5.46. The Kier molecular flexibility index (Phi) is 9.78. The second-order valence-electron chi connectivity index (χ2n) is 14.1. The maximum absolute atomic E-state index is 7.18. The summed E-state index contributed by atoms with van der Waals surface area (Å²) in [4.78, 5) is 0. The topological polar surface area (TPSA) is 0 Å². The van der Waals surface area contributed by atoms with Gasteiger partial charge in [-0.15, -0.1) is 43.7 Å². The fourth-order valence-corrected chi connectivity index (χ4v) is 8.21. The molecule has 0 fully saturated rings. The third-order valence-corrected chi connectivity index (χ3v) is 11.2. The molecule has 8 rings (SSSR count). The van der Waals surface area contributed by atoms with Crippen LogP contribution in [0.25, 0.3) is 76.5 Å². The lowest BCUT2D eigenvalue weighted by atomic mass is 9.55. The zero-order valence-electron chi connectivity index (χ0n) is 30.5. The number of hydrogen-bond donors (Lipinski definition) is 0. The SMILES string of the molecule is [B]c1c([B])c([B])c(-c2c([B])c([B])c([B])c(-c3c4c([B])c([B])c([B])c([B])c4c(-c4cc5ccccc5c5ccccc45)c4c([B])c([B])c([B])c([B])c34)c2[B])c([B])c1[B]. The van der Waals surface area contributed by atoms with Crippen molar-refractivity contribution in [1.29, 1.82) is 0 Å². The first-order valence-corrected chi connectivity index (χ1v) is 17.4. The van der Waals surface area contributed by atoms with Gasteiger partial charge in [-0.2, -0.15) is 0 Å². The van der Waals surface area contributed by atoms with Gasteiger partial charge in [-0.25, -0.2) is 0 Å². The highest BCUT2D eigenvalue weighted by molar-refractivity contribution is 6.74. The van der Waals surface area contributed by atoms with Gasteiger partial charge in [-0.3, -0.25) is 0 Å². The summed E-state index contributed by atoms with van der Waals surface area (Å²) in [5.74, 6) is 0. The van der Waals surface area contributed by atoms with Gasteiger partial charge in [0.15, 0.2) is 0 Å². The molecule has 0 saturated heterocycles. The second kappa shape index (κ2) is 14.0. The molecule has 0 aliphatic heterocycles. The highest BCUT2D eigenvalue weighted by Gasteiger charge is 2.29. The zero-order chi connectivity index (χ0) is 41.3. The molecule has 8 aromatic carbocycles. The van der Waals surface area contributed by atoms with E-state index in [0.717, 1.165) is 21.5 Å². The molecule has 0 aliphatic carbocycles. The molecule has 57 heavy (non-hydrogen) atoms. The lowest BCUT2D eigenvalue weighted by molar-refractivity contribution is 1.75. The molecule has 0 saturated carbocycles. The number of fused-ring (bicyclic) bond motifs is 5. The van der Waals surface area contributed by atoms with Crippen LogP contribution in [0, 0.1) is 0 Å². The highest BCUT2D eigenvalue weighted by Crippen LogP contribution is 2.43. The summed E-state index contributed by atoms with van der Waals surface area (Å²) < 4.78 is 0. The van der Waals surface area contributed by atoms with Crippen molar-refractivity contribution >= 4 is 269 Å². The summed E-state index contributed by atoms with van der Waals surface area (Å²) in [6.45, 7) is 0. The molecule has 220 valence electrons. The minimum absolute atomic E-state index is 0.00376. The van der Waals surface area contributed by atoms with E-state index in [0.29, 0.717) is 21.9 Å². The van der Waals surface area contributed by atoms with E-state index in [1.165, 1.54) is 0 Å². The van der Waals surface area contributed by atoms with Crippen LogP contribution in [-0.2, 0) is 0 Å². The Morgan fingerprint density at radius 1 is 0.228 bits per heavy atom. The van der Waals surface area contributed by atoms with Crippen LogP contribution in [0.2, 0.25) is 0 Å². The van der Waals surface area contributed by atoms with Crippen LogP contribution < -0.4 is 92.9 Å². The predicted molar refractivity (Wildman–Crippen MR) is 264 cm³/mol. The Morgan fingerprint density at radius 2 is 0.526 bits per heavy atom. The Morgan fingerprint density at radius 3 is 0.982 bits per heavy atom. The van der Waals surface area contributed by atoms with Gasteiger partial charge in [0.05, 0.1) is 0 Å². The zero-order valence-corrected chi connectivity index (χ0v) is 30.5. The van der Waals surface area contributed by atoms with Crippen LogP contribution in [0.15, 0.2) is 54.6 Å². The molecule has 0 heterocycles. The molecular formula is C40H9B17. The van der Waals surface area contributed by atoms with Crippen LogP contribution in [0.1, 0.15) is 0 Å². The van der Waals surface area contributed by atoms with Crippen molar-refractivity contribution in [3.05, 3.63) is 54.6 Å². The van der Waals surface area contributed by atoms with Gasteiger partial charge >= 0.3 is 0 Å². The second-order valence-corrected chi connectivity index (χ2v) is 14.1. The molecule has 0 aromatic heterocycles. The fourth-order valence-electron chi connectivity index (χ4n) is 8.21. The molecule has 0 N–H and O–H groups in total. The van der Waals surface area contributed by atoms with Crippen molar-refractivity contribution < 1.29 is 0 Å². The maximum atomic E-state index is 7.18. The van der Waals surface area contributed by atoms with E-state index in [1.807, 2.05) is 54.6 Å². The van der Waals surface area contributed by atoms with E-state index in [-0.39, 0.29) is 126 Å². The van der Waals surface area contributed by atoms with Crippen molar-refractivity contribution in [3.63, 3.8) is 0 Å². The van der Waals surface area contributed by atoms with Gasteiger partial charge in [0.1, 0.15) is 133 Å². The molecule has 0 nitrogen and oxygen atoms in total. The Labute approximate surface area is 355 Å². The lowest BCUT2D eigenvalue weighted by Crippen LogP contribution is -2.57. The van der Waals surface area contributed by atoms with Gasteiger partial charge < -0.3 is 0 Å². The summed E-state index contributed by atoms with van der Waals surface area (Å²) in [6.07, 6.45) is 0. The molecule has 34 radical (unpaired) electrons. The molecule has 0 aliphatic rings. The minimum Gasteiger partial charge on any atom is -0.112 e. The average molecular weight is 673 g/mol. The van der Waals surface area contributed by atoms with E-state index in [1.54, 1.807) is 0 Å². The minimum atomic E-state index is -0.113. The highest BCUT2D eigenvalue weighted by atomic mass is 14.3. The molecule has 0 bridgehead atoms. The average Bonchev–Trinajstić information content (AvgIpc) is 3.21. The van der Waals surface area contributed by atoms with Crippen LogP contribution in [0.3, 0.4) is 0 Å². The Balaban J connectivity index is 1.73. The van der Waals surface area contributed by atoms with Crippen LogP contribution in [0.4, 0.5) is 0 Å². The van der Waals surface area contributed by atoms with Gasteiger partial charge in [0, 0.05) is 0 Å². The standard InChI is InChI=1S/C40H9B17/c41-24-21(29(46)33(50)30(47)22(24)23-31(48)38(55)40(57)39(56)32(23)49)16-19-17(25(42)34(51)36(53)27(19)44)15(18-20(16)28(45)37(54)35(52)26(18)43)14-9-10-5-1-2-6-11(10)12-7-3-4-8-13(12)14/h1-9H. The maximum Gasteiger partial charge on any atom is 0.115 e. The van der Waals surface area contributed by atoms with E-state index < -0.39 is 0 Å². The Bertz CT molecular complexity index is 3040. The van der Waals surface area contributed by atoms with Crippen molar-refractivity contribution in [2.24, 2.45) is 0 Å². The summed E-state index contributed by atoms with van der Waals surface area (Å²) in [7, 11) is 114. The summed E-state index contributed by atoms with van der Waals surface area (Å²) in [5, 5.41) is 4.80. The monoisotopic (exact) mass is 676 g/mol. The summed E-state index contributed by atoms with van der Waals surface area (Å²) >= 11 is 0. The number of rotatable bonds is 3. The third-order valence-electron chi connectivity index (χ3n) is 11.2. The van der Waals surface area contributed by atoms with Crippen molar-refractivity contribution in [2.45, 2.75) is 0 Å². The molecule has 0 amide bonds. The summed E-state index contributed by atoms with van der Waals surface area (Å²) in [6, 6.07) is 17.8. The normalized spacial score (nSPS) is 11.6. The van der Waals surface area contributed by atoms with E-state index >= 15 is 0 Å². The van der Waals surface area contributed by atoms with Gasteiger partial charge in [-0.1, -0.05) is 97.7 Å². The molecule has 0 unspecified atom stereocenters. The van der Waals surface area contributed by atoms with E-state index in [9.17, 15) is 0 Å². The smallest absolute Gasteiger partial charge is 0.112 e. The molecular weight excluding hydrogens is 664 g/mol. The lowest BCUT2D eigenvalue weighted by Gasteiger charge is -2.32.